The Bertz CT molecular complexity index is 316. The van der Waals surface area contributed by atoms with E-state index in [-0.39, 0.29) is 5.41 Å². The highest BCUT2D eigenvalue weighted by molar-refractivity contribution is 5.10. The van der Waals surface area contributed by atoms with Crippen LogP contribution >= 0.6 is 0 Å². The summed E-state index contributed by atoms with van der Waals surface area (Å²) in [5.74, 6) is 0.188. The van der Waals surface area contributed by atoms with E-state index in [4.69, 9.17) is 9.47 Å². The maximum Gasteiger partial charge on any atom is 0.170 e. The summed E-state index contributed by atoms with van der Waals surface area (Å²) in [7, 11) is 0. The van der Waals surface area contributed by atoms with E-state index in [1.807, 2.05) is 0 Å². The first-order valence-corrected chi connectivity index (χ1v) is 6.48. The van der Waals surface area contributed by atoms with Crippen LogP contribution in [0.4, 0.5) is 0 Å². The predicted octanol–water partition coefficient (Wildman–Crippen LogP) is 2.61. The molecule has 3 aliphatic rings. The lowest BCUT2D eigenvalue weighted by atomic mass is 9.59. The molecule has 1 saturated heterocycles. The van der Waals surface area contributed by atoms with Gasteiger partial charge in [-0.2, -0.15) is 5.26 Å². The quantitative estimate of drug-likeness (QED) is 0.631. The Morgan fingerprint density at radius 1 is 1.06 bits per heavy atom. The number of nitrogens with zero attached hydrogens (tertiary/aromatic N) is 1. The molecule has 3 heteroatoms. The molecule has 88 valence electrons. The lowest BCUT2D eigenvalue weighted by Gasteiger charge is -2.48. The monoisotopic (exact) mass is 221 g/mol. The average molecular weight is 221 g/mol. The Hall–Kier alpha value is -0.590. The van der Waals surface area contributed by atoms with Crippen LogP contribution in [-0.2, 0) is 9.47 Å². The van der Waals surface area contributed by atoms with Crippen molar-refractivity contribution in [3.05, 3.63) is 0 Å². The summed E-state index contributed by atoms with van der Waals surface area (Å²) in [5.41, 5.74) is -0.152. The zero-order chi connectivity index (χ0) is 11.1. The van der Waals surface area contributed by atoms with Crippen LogP contribution in [0.3, 0.4) is 0 Å². The fourth-order valence-electron chi connectivity index (χ4n) is 3.86. The Kier molecular flexibility index (Phi) is 2.45. The number of fused-ring (bicyclic) bond motifs is 1. The second-order valence-corrected chi connectivity index (χ2v) is 5.53. The molecule has 0 amide bonds. The Morgan fingerprint density at radius 2 is 1.88 bits per heavy atom. The van der Waals surface area contributed by atoms with Crippen molar-refractivity contribution in [2.24, 2.45) is 11.3 Å². The number of nitriles is 1. The van der Waals surface area contributed by atoms with Gasteiger partial charge in [0.2, 0.25) is 0 Å². The molecule has 0 radical (unpaired) electrons. The van der Waals surface area contributed by atoms with Gasteiger partial charge in [-0.05, 0) is 25.2 Å². The van der Waals surface area contributed by atoms with Crippen molar-refractivity contribution in [2.45, 2.75) is 50.7 Å². The van der Waals surface area contributed by atoms with E-state index >= 15 is 0 Å². The maximum absolute atomic E-state index is 9.56. The number of ether oxygens (including phenoxy) is 2. The fraction of sp³-hybridized carbons (Fsp3) is 0.923. The summed E-state index contributed by atoms with van der Waals surface area (Å²) in [6.07, 6.45) is 7.66. The molecule has 0 aromatic heterocycles. The van der Waals surface area contributed by atoms with E-state index in [9.17, 15) is 5.26 Å². The van der Waals surface area contributed by atoms with Crippen LogP contribution in [0.2, 0.25) is 0 Å². The third-order valence-corrected chi connectivity index (χ3v) is 4.70. The van der Waals surface area contributed by atoms with Gasteiger partial charge in [0, 0.05) is 12.8 Å². The number of rotatable bonds is 0. The van der Waals surface area contributed by atoms with Crippen molar-refractivity contribution in [3.8, 4) is 6.07 Å². The van der Waals surface area contributed by atoms with Crippen molar-refractivity contribution in [2.75, 3.05) is 13.2 Å². The zero-order valence-corrected chi connectivity index (χ0v) is 9.71. The maximum atomic E-state index is 9.56. The molecule has 2 atom stereocenters. The smallest absolute Gasteiger partial charge is 0.170 e. The van der Waals surface area contributed by atoms with E-state index < -0.39 is 5.79 Å². The van der Waals surface area contributed by atoms with Crippen LogP contribution in [0.25, 0.3) is 0 Å². The van der Waals surface area contributed by atoms with E-state index in [1.54, 1.807) is 0 Å². The minimum atomic E-state index is -0.399. The Labute approximate surface area is 96.7 Å². The fourth-order valence-corrected chi connectivity index (χ4v) is 3.86. The average Bonchev–Trinajstić information content (AvgIpc) is 2.77. The van der Waals surface area contributed by atoms with Gasteiger partial charge in [-0.15, -0.1) is 0 Å². The van der Waals surface area contributed by atoms with E-state index in [0.29, 0.717) is 19.1 Å². The van der Waals surface area contributed by atoms with Crippen molar-refractivity contribution in [1.82, 2.24) is 0 Å². The van der Waals surface area contributed by atoms with Gasteiger partial charge in [-0.3, -0.25) is 0 Å². The van der Waals surface area contributed by atoms with Gasteiger partial charge in [0.15, 0.2) is 5.79 Å². The Morgan fingerprint density at radius 3 is 2.62 bits per heavy atom. The summed E-state index contributed by atoms with van der Waals surface area (Å²) < 4.78 is 11.6. The highest BCUT2D eigenvalue weighted by Crippen LogP contribution is 2.54. The first kappa shape index (κ1) is 10.6. The van der Waals surface area contributed by atoms with Crippen molar-refractivity contribution >= 4 is 0 Å². The third-order valence-electron chi connectivity index (χ3n) is 4.70. The van der Waals surface area contributed by atoms with Gasteiger partial charge in [0.1, 0.15) is 0 Å². The molecule has 1 spiro atoms. The molecule has 16 heavy (non-hydrogen) atoms. The molecule has 0 aromatic carbocycles. The largest absolute Gasteiger partial charge is 0.347 e. The van der Waals surface area contributed by atoms with Crippen molar-refractivity contribution in [1.29, 1.82) is 5.26 Å². The van der Waals surface area contributed by atoms with E-state index in [1.165, 1.54) is 19.3 Å². The highest BCUT2D eigenvalue weighted by atomic mass is 16.7. The zero-order valence-electron chi connectivity index (χ0n) is 9.71. The minimum absolute atomic E-state index is 0.152. The van der Waals surface area contributed by atoms with Crippen LogP contribution in [-0.4, -0.2) is 19.0 Å². The molecule has 0 unspecified atom stereocenters. The normalized spacial score (nSPS) is 41.6. The second kappa shape index (κ2) is 3.72. The van der Waals surface area contributed by atoms with Crippen LogP contribution < -0.4 is 0 Å². The summed E-state index contributed by atoms with van der Waals surface area (Å²) >= 11 is 0. The molecule has 2 aliphatic carbocycles. The van der Waals surface area contributed by atoms with Gasteiger partial charge >= 0.3 is 0 Å². The standard InChI is InChI=1S/C13H19NO2/c14-10-12-5-2-1-3-11(12)4-6-13(9-12)15-7-8-16-13/h11H,1-9H2/t11-,12+/m0/s1. The van der Waals surface area contributed by atoms with Crippen molar-refractivity contribution < 1.29 is 9.47 Å². The Balaban J connectivity index is 1.85. The van der Waals surface area contributed by atoms with Crippen LogP contribution in [0, 0.1) is 22.7 Å². The molecule has 3 fully saturated rings. The minimum Gasteiger partial charge on any atom is -0.347 e. The summed E-state index contributed by atoms with van der Waals surface area (Å²) in [4.78, 5) is 0. The number of hydrogen-bond donors (Lipinski definition) is 0. The van der Waals surface area contributed by atoms with Crippen molar-refractivity contribution in [3.63, 3.8) is 0 Å². The van der Waals surface area contributed by atoms with Gasteiger partial charge in [0.05, 0.1) is 24.7 Å². The molecule has 1 heterocycles. The first-order valence-electron chi connectivity index (χ1n) is 6.48. The SMILES string of the molecule is N#C[C@]12CCCC[C@H]1CCC1(C2)OCCO1. The van der Waals surface area contributed by atoms with E-state index in [0.717, 1.165) is 25.7 Å². The van der Waals surface area contributed by atoms with Gasteiger partial charge in [0.25, 0.3) is 0 Å². The van der Waals surface area contributed by atoms with E-state index in [2.05, 4.69) is 6.07 Å². The molecule has 3 rings (SSSR count). The second-order valence-electron chi connectivity index (χ2n) is 5.53. The summed E-state index contributed by atoms with van der Waals surface area (Å²) in [6.45, 7) is 1.40. The van der Waals surface area contributed by atoms with Crippen LogP contribution in [0.1, 0.15) is 44.9 Å². The predicted molar refractivity (Wildman–Crippen MR) is 58.5 cm³/mol. The molecule has 0 bridgehead atoms. The molecule has 0 aromatic rings. The molecule has 3 nitrogen and oxygen atoms in total. The van der Waals surface area contributed by atoms with Crippen LogP contribution in [0.5, 0.6) is 0 Å². The number of hydrogen-bond acceptors (Lipinski definition) is 3. The van der Waals surface area contributed by atoms with Gasteiger partial charge < -0.3 is 9.47 Å². The lowest BCUT2D eigenvalue weighted by molar-refractivity contribution is -0.209. The first-order chi connectivity index (χ1) is 7.79. The summed E-state index contributed by atoms with van der Waals surface area (Å²) in [6, 6.07) is 2.61. The highest BCUT2D eigenvalue weighted by Gasteiger charge is 2.54. The van der Waals surface area contributed by atoms with Gasteiger partial charge in [-0.1, -0.05) is 12.8 Å². The summed E-state index contributed by atoms with van der Waals surface area (Å²) in [5, 5.41) is 9.56. The molecule has 1 aliphatic heterocycles. The molecular weight excluding hydrogens is 202 g/mol. The molecule has 0 N–H and O–H groups in total. The molecule has 2 saturated carbocycles. The third kappa shape index (κ3) is 1.48. The molecular formula is C13H19NO2. The van der Waals surface area contributed by atoms with Gasteiger partial charge in [-0.25, -0.2) is 0 Å². The lowest BCUT2D eigenvalue weighted by Crippen LogP contribution is -2.47. The van der Waals surface area contributed by atoms with Crippen LogP contribution in [0.15, 0.2) is 0 Å². The topological polar surface area (TPSA) is 42.2 Å².